The van der Waals surface area contributed by atoms with E-state index in [1.807, 2.05) is 0 Å². The van der Waals surface area contributed by atoms with Crippen LogP contribution in [-0.4, -0.2) is 42.4 Å². The quantitative estimate of drug-likeness (QED) is 0.579. The Morgan fingerprint density at radius 1 is 1.36 bits per heavy atom. The zero-order valence-electron chi connectivity index (χ0n) is 6.69. The first-order valence-corrected chi connectivity index (χ1v) is 5.62. The predicted octanol–water partition coefficient (Wildman–Crippen LogP) is 0.286. The molecule has 0 aromatic carbocycles. The third-order valence-electron chi connectivity index (χ3n) is 1.34. The van der Waals surface area contributed by atoms with E-state index in [0.717, 1.165) is 0 Å². The van der Waals surface area contributed by atoms with Gasteiger partial charge in [-0.1, -0.05) is 6.92 Å². The molecular formula is C6H15O4P. The highest BCUT2D eigenvalue weighted by Gasteiger charge is 2.18. The summed E-state index contributed by atoms with van der Waals surface area (Å²) in [7, 11) is -2.63. The molecule has 0 saturated carbocycles. The first-order valence-electron chi connectivity index (χ1n) is 3.63. The van der Waals surface area contributed by atoms with Gasteiger partial charge in [0, 0.05) is 12.3 Å². The van der Waals surface area contributed by atoms with Crippen LogP contribution in [0.15, 0.2) is 0 Å². The molecule has 0 bridgehead atoms. The topological polar surface area (TPSA) is 66.8 Å². The molecule has 0 aliphatic heterocycles. The van der Waals surface area contributed by atoms with E-state index in [0.29, 0.717) is 6.16 Å². The Labute approximate surface area is 66.6 Å². The maximum absolute atomic E-state index is 11.4. The molecule has 5 heteroatoms. The van der Waals surface area contributed by atoms with Crippen LogP contribution >= 0.6 is 7.37 Å². The first-order chi connectivity index (χ1) is 5.18. The van der Waals surface area contributed by atoms with Crippen LogP contribution in [0, 0.1) is 0 Å². The average molecular weight is 182 g/mol. The van der Waals surface area contributed by atoms with Crippen LogP contribution in [-0.2, 0) is 9.09 Å². The van der Waals surface area contributed by atoms with Gasteiger partial charge in [0.05, 0.1) is 19.8 Å². The molecule has 0 aliphatic carbocycles. The minimum Gasteiger partial charge on any atom is -0.396 e. The van der Waals surface area contributed by atoms with Crippen LogP contribution in [0.2, 0.25) is 0 Å². The van der Waals surface area contributed by atoms with Gasteiger partial charge in [-0.3, -0.25) is 4.57 Å². The number of aliphatic hydroxyl groups excluding tert-OH is 2. The van der Waals surface area contributed by atoms with Crippen LogP contribution in [0.1, 0.15) is 6.92 Å². The molecule has 1 unspecified atom stereocenters. The van der Waals surface area contributed by atoms with Crippen molar-refractivity contribution in [1.29, 1.82) is 0 Å². The van der Waals surface area contributed by atoms with Gasteiger partial charge in [-0.15, -0.1) is 0 Å². The average Bonchev–Trinajstić information content (AvgIpc) is 2.02. The Bertz CT molecular complexity index is 137. The van der Waals surface area contributed by atoms with Crippen molar-refractivity contribution in [3.63, 3.8) is 0 Å². The molecule has 2 N–H and O–H groups in total. The summed E-state index contributed by atoms with van der Waals surface area (Å²) in [5.41, 5.74) is 0. The van der Waals surface area contributed by atoms with Crippen molar-refractivity contribution in [1.82, 2.24) is 0 Å². The Hall–Kier alpha value is 0.110. The third kappa shape index (κ3) is 4.53. The molecule has 1 atom stereocenters. The molecule has 4 nitrogen and oxygen atoms in total. The van der Waals surface area contributed by atoms with Gasteiger partial charge in [-0.2, -0.15) is 0 Å². The van der Waals surface area contributed by atoms with Gasteiger partial charge in [0.1, 0.15) is 0 Å². The van der Waals surface area contributed by atoms with Crippen molar-refractivity contribution < 1.29 is 19.3 Å². The van der Waals surface area contributed by atoms with Crippen LogP contribution in [0.3, 0.4) is 0 Å². The zero-order chi connectivity index (χ0) is 8.74. The smallest absolute Gasteiger partial charge is 0.205 e. The highest BCUT2D eigenvalue weighted by molar-refractivity contribution is 7.58. The molecule has 0 radical (unpaired) electrons. The summed E-state index contributed by atoms with van der Waals surface area (Å²) in [6.45, 7) is 1.57. The summed E-state index contributed by atoms with van der Waals surface area (Å²) in [5, 5.41) is 16.9. The lowest BCUT2D eigenvalue weighted by molar-refractivity contribution is 0.200. The van der Waals surface area contributed by atoms with E-state index >= 15 is 0 Å². The number of hydrogen-bond acceptors (Lipinski definition) is 4. The summed E-state index contributed by atoms with van der Waals surface area (Å²) in [4.78, 5) is 0. The molecule has 0 rings (SSSR count). The van der Waals surface area contributed by atoms with E-state index in [1.54, 1.807) is 6.92 Å². The Kier molecular flexibility index (Phi) is 5.78. The second-order valence-electron chi connectivity index (χ2n) is 2.13. The van der Waals surface area contributed by atoms with E-state index < -0.39 is 7.37 Å². The SMILES string of the molecule is CCP(=O)(CCO)OCCO. The van der Waals surface area contributed by atoms with Crippen LogP contribution in [0.25, 0.3) is 0 Å². The molecule has 0 aromatic heterocycles. The Morgan fingerprint density at radius 3 is 2.36 bits per heavy atom. The normalized spacial score (nSPS) is 16.3. The van der Waals surface area contributed by atoms with Crippen LogP contribution < -0.4 is 0 Å². The van der Waals surface area contributed by atoms with Gasteiger partial charge >= 0.3 is 0 Å². The highest BCUT2D eigenvalue weighted by atomic mass is 31.2. The van der Waals surface area contributed by atoms with Crippen LogP contribution in [0.5, 0.6) is 0 Å². The van der Waals surface area contributed by atoms with Crippen molar-refractivity contribution in [3.8, 4) is 0 Å². The monoisotopic (exact) mass is 182 g/mol. The van der Waals surface area contributed by atoms with Gasteiger partial charge in [-0.25, -0.2) is 0 Å². The maximum Gasteiger partial charge on any atom is 0.205 e. The number of rotatable bonds is 6. The zero-order valence-corrected chi connectivity index (χ0v) is 7.59. The van der Waals surface area contributed by atoms with Crippen molar-refractivity contribution in [3.05, 3.63) is 0 Å². The molecule has 0 fully saturated rings. The van der Waals surface area contributed by atoms with E-state index in [4.69, 9.17) is 14.7 Å². The number of hydrogen-bond donors (Lipinski definition) is 2. The molecule has 0 heterocycles. The fourth-order valence-electron chi connectivity index (χ4n) is 0.674. The van der Waals surface area contributed by atoms with Crippen molar-refractivity contribution in [2.75, 3.05) is 32.1 Å². The molecule has 0 aromatic rings. The predicted molar refractivity (Wildman–Crippen MR) is 43.1 cm³/mol. The highest BCUT2D eigenvalue weighted by Crippen LogP contribution is 2.45. The van der Waals surface area contributed by atoms with Crippen molar-refractivity contribution in [2.24, 2.45) is 0 Å². The largest absolute Gasteiger partial charge is 0.396 e. The van der Waals surface area contributed by atoms with Gasteiger partial charge < -0.3 is 14.7 Å². The molecule has 0 saturated heterocycles. The van der Waals surface area contributed by atoms with E-state index in [1.165, 1.54) is 0 Å². The molecule has 0 aliphatic rings. The van der Waals surface area contributed by atoms with Crippen LogP contribution in [0.4, 0.5) is 0 Å². The standard InChI is InChI=1S/C6H15O4P/c1-2-11(9,6-4-8)10-5-3-7/h7-8H,2-6H2,1H3. The van der Waals surface area contributed by atoms with Gasteiger partial charge in [0.15, 0.2) is 0 Å². The van der Waals surface area contributed by atoms with E-state index in [-0.39, 0.29) is 26.0 Å². The van der Waals surface area contributed by atoms with E-state index in [2.05, 4.69) is 0 Å². The summed E-state index contributed by atoms with van der Waals surface area (Å²) in [6, 6.07) is 0. The second-order valence-corrected chi connectivity index (χ2v) is 5.10. The lowest BCUT2D eigenvalue weighted by Gasteiger charge is -2.14. The van der Waals surface area contributed by atoms with Gasteiger partial charge in [0.2, 0.25) is 7.37 Å². The maximum atomic E-state index is 11.4. The summed E-state index contributed by atoms with van der Waals surface area (Å²) in [5.74, 6) is 0. The number of aliphatic hydroxyl groups is 2. The molecular weight excluding hydrogens is 167 g/mol. The van der Waals surface area contributed by atoms with Gasteiger partial charge in [0.25, 0.3) is 0 Å². The third-order valence-corrected chi connectivity index (χ3v) is 3.84. The lowest BCUT2D eigenvalue weighted by atomic mass is 10.8. The first kappa shape index (κ1) is 11.1. The second kappa shape index (κ2) is 5.72. The summed E-state index contributed by atoms with van der Waals surface area (Å²) >= 11 is 0. The minimum atomic E-state index is -2.63. The van der Waals surface area contributed by atoms with Crippen molar-refractivity contribution in [2.45, 2.75) is 6.92 Å². The fraction of sp³-hybridized carbons (Fsp3) is 1.00. The van der Waals surface area contributed by atoms with E-state index in [9.17, 15) is 4.57 Å². The lowest BCUT2D eigenvalue weighted by Crippen LogP contribution is -2.04. The summed E-state index contributed by atoms with van der Waals surface area (Å²) in [6.07, 6.45) is 0.594. The van der Waals surface area contributed by atoms with Crippen molar-refractivity contribution >= 4 is 7.37 Å². The molecule has 68 valence electrons. The Morgan fingerprint density at radius 2 is 2.00 bits per heavy atom. The summed E-state index contributed by atoms with van der Waals surface area (Å²) < 4.78 is 16.4. The fourth-order valence-corrected chi connectivity index (χ4v) is 2.02. The molecule has 0 spiro atoms. The minimum absolute atomic E-state index is 0.0884. The Balaban J connectivity index is 3.79. The van der Waals surface area contributed by atoms with Gasteiger partial charge in [-0.05, 0) is 0 Å². The molecule has 11 heavy (non-hydrogen) atoms. The molecule has 0 amide bonds.